The van der Waals surface area contributed by atoms with E-state index in [1.807, 2.05) is 0 Å². The average Bonchev–Trinajstić information content (AvgIpc) is 2.27. The van der Waals surface area contributed by atoms with Crippen LogP contribution in [0.15, 0.2) is 18.1 Å². The second-order valence-corrected chi connectivity index (χ2v) is 2.58. The molecule has 13 heavy (non-hydrogen) atoms. The molecule has 0 radical (unpaired) electrons. The SMILES string of the molecule is [2H]c1c(F)c([2H])c(OC2([2H])CNC2)c([2H])c1F. The first-order chi connectivity index (χ1) is 7.86. The van der Waals surface area contributed by atoms with E-state index in [-0.39, 0.29) is 13.1 Å². The van der Waals surface area contributed by atoms with Crippen molar-refractivity contribution in [3.05, 3.63) is 29.8 Å². The maximum absolute atomic E-state index is 13.3. The summed E-state index contributed by atoms with van der Waals surface area (Å²) in [5, 5.41) is 2.74. The lowest BCUT2D eigenvalue weighted by Gasteiger charge is -2.27. The number of ether oxygens (including phenoxy) is 1. The highest BCUT2D eigenvalue weighted by atomic mass is 19.1. The molecule has 2 rings (SSSR count). The van der Waals surface area contributed by atoms with Crippen LogP contribution in [0.2, 0.25) is 0 Å². The van der Waals surface area contributed by atoms with E-state index in [0.717, 1.165) is 0 Å². The summed E-state index contributed by atoms with van der Waals surface area (Å²) in [6.45, 7) is 0.301. The van der Waals surface area contributed by atoms with E-state index in [1.54, 1.807) is 0 Å². The van der Waals surface area contributed by atoms with Crippen LogP contribution in [0, 0.1) is 11.6 Å². The third kappa shape index (κ3) is 1.95. The Bertz CT molecular complexity index is 450. The molecule has 0 atom stereocenters. The first kappa shape index (κ1) is 4.91. The van der Waals surface area contributed by atoms with Crippen molar-refractivity contribution in [2.24, 2.45) is 0 Å². The van der Waals surface area contributed by atoms with Gasteiger partial charge in [0.1, 0.15) is 23.5 Å². The Labute approximate surface area is 80.1 Å². The smallest absolute Gasteiger partial charge is 0.129 e. The Morgan fingerprint density at radius 2 is 2.00 bits per heavy atom. The van der Waals surface area contributed by atoms with Gasteiger partial charge in [0, 0.05) is 31.2 Å². The molecule has 0 aromatic heterocycles. The van der Waals surface area contributed by atoms with Crippen molar-refractivity contribution in [1.29, 1.82) is 0 Å². The number of halogens is 2. The standard InChI is InChI=1S/C9H9F2NO/c10-6-1-7(11)3-8(2-6)13-9-4-12-5-9/h1-3,9,12H,4-5H2/i1D,2D,3D,9D. The molecule has 1 aromatic carbocycles. The van der Waals surface area contributed by atoms with Crippen LogP contribution >= 0.6 is 0 Å². The number of benzene rings is 1. The quantitative estimate of drug-likeness (QED) is 0.757. The monoisotopic (exact) mass is 189 g/mol. The molecule has 1 aliphatic rings. The summed E-state index contributed by atoms with van der Waals surface area (Å²) in [4.78, 5) is 0. The van der Waals surface area contributed by atoms with Gasteiger partial charge in [-0.2, -0.15) is 0 Å². The fourth-order valence-electron chi connectivity index (χ4n) is 0.884. The third-order valence-corrected chi connectivity index (χ3v) is 1.56. The molecular formula is C9H9F2NO. The molecule has 0 amide bonds. The lowest BCUT2D eigenvalue weighted by molar-refractivity contribution is 0.141. The van der Waals surface area contributed by atoms with Gasteiger partial charge in [-0.25, -0.2) is 8.78 Å². The van der Waals surface area contributed by atoms with Gasteiger partial charge in [-0.15, -0.1) is 0 Å². The van der Waals surface area contributed by atoms with E-state index in [4.69, 9.17) is 10.2 Å². The fraction of sp³-hybridized carbons (Fsp3) is 0.333. The van der Waals surface area contributed by atoms with Gasteiger partial charge in [-0.1, -0.05) is 0 Å². The van der Waals surface area contributed by atoms with E-state index in [2.05, 4.69) is 5.32 Å². The summed E-state index contributed by atoms with van der Waals surface area (Å²) < 4.78 is 60.9. The molecule has 70 valence electrons. The molecule has 0 saturated carbocycles. The molecule has 1 heterocycles. The fourth-order valence-corrected chi connectivity index (χ4v) is 0.884. The topological polar surface area (TPSA) is 21.3 Å². The van der Waals surface area contributed by atoms with E-state index in [1.165, 1.54) is 0 Å². The van der Waals surface area contributed by atoms with Crippen molar-refractivity contribution in [2.75, 3.05) is 13.1 Å². The summed E-state index contributed by atoms with van der Waals surface area (Å²) in [5.41, 5.74) is 0. The largest absolute Gasteiger partial charge is 0.488 e. The lowest BCUT2D eigenvalue weighted by Crippen LogP contribution is -2.50. The van der Waals surface area contributed by atoms with Crippen LogP contribution in [0.25, 0.3) is 0 Å². The van der Waals surface area contributed by atoms with Crippen LogP contribution in [0.3, 0.4) is 0 Å². The van der Waals surface area contributed by atoms with E-state index >= 15 is 0 Å². The highest BCUT2D eigenvalue weighted by Crippen LogP contribution is 2.17. The normalized spacial score (nSPS) is 23.5. The molecule has 2 nitrogen and oxygen atoms in total. The first-order valence-corrected chi connectivity index (χ1v) is 3.70. The molecule has 1 N–H and O–H groups in total. The van der Waals surface area contributed by atoms with Gasteiger partial charge >= 0.3 is 0 Å². The molecule has 4 heteroatoms. The Hall–Kier alpha value is -1.16. The zero-order chi connectivity index (χ0) is 12.8. The first-order valence-electron chi connectivity index (χ1n) is 5.70. The van der Waals surface area contributed by atoms with Crippen LogP contribution in [-0.2, 0) is 0 Å². The summed E-state index contributed by atoms with van der Waals surface area (Å²) >= 11 is 0. The predicted molar refractivity (Wildman–Crippen MR) is 43.6 cm³/mol. The Kier molecular flexibility index (Phi) is 1.24. The molecule has 0 spiro atoms. The zero-order valence-corrected chi connectivity index (χ0v) is 6.58. The van der Waals surface area contributed by atoms with E-state index in [0.29, 0.717) is 0 Å². The highest BCUT2D eigenvalue weighted by molar-refractivity contribution is 5.24. The summed E-state index contributed by atoms with van der Waals surface area (Å²) in [5.74, 6) is -3.40. The maximum atomic E-state index is 13.3. The van der Waals surface area contributed by atoms with Crippen molar-refractivity contribution < 1.29 is 19.0 Å². The Morgan fingerprint density at radius 1 is 1.38 bits per heavy atom. The molecule has 1 saturated heterocycles. The third-order valence-electron chi connectivity index (χ3n) is 1.56. The zero-order valence-electron chi connectivity index (χ0n) is 10.6. The van der Waals surface area contributed by atoms with Crippen molar-refractivity contribution in [2.45, 2.75) is 6.08 Å². The number of rotatable bonds is 2. The highest BCUT2D eigenvalue weighted by Gasteiger charge is 2.18. The average molecular weight is 189 g/mol. The van der Waals surface area contributed by atoms with Crippen LogP contribution in [0.5, 0.6) is 5.75 Å². The van der Waals surface area contributed by atoms with Gasteiger partial charge in [-0.3, -0.25) is 0 Å². The number of hydrogen-bond donors (Lipinski definition) is 1. The minimum Gasteiger partial charge on any atom is -0.488 e. The van der Waals surface area contributed by atoms with Gasteiger partial charge < -0.3 is 10.1 Å². The Morgan fingerprint density at radius 3 is 2.46 bits per heavy atom. The van der Waals surface area contributed by atoms with Crippen molar-refractivity contribution in [3.8, 4) is 5.75 Å². The second-order valence-electron chi connectivity index (χ2n) is 2.58. The molecule has 0 bridgehead atoms. The molecule has 1 fully saturated rings. The second kappa shape index (κ2) is 3.30. The summed E-state index contributed by atoms with van der Waals surface area (Å²) in [7, 11) is 0. The van der Waals surface area contributed by atoms with E-state index < -0.39 is 41.6 Å². The molecule has 1 aromatic rings. The van der Waals surface area contributed by atoms with E-state index in [9.17, 15) is 8.78 Å². The van der Waals surface area contributed by atoms with Crippen LogP contribution in [-0.4, -0.2) is 19.2 Å². The van der Waals surface area contributed by atoms with Gasteiger partial charge in [0.05, 0.1) is 5.48 Å². The van der Waals surface area contributed by atoms with Gasteiger partial charge in [0.25, 0.3) is 0 Å². The summed E-state index contributed by atoms with van der Waals surface area (Å²) in [6.07, 6.45) is -1.41. The summed E-state index contributed by atoms with van der Waals surface area (Å²) in [6, 6.07) is -2.85. The van der Waals surface area contributed by atoms with Gasteiger partial charge in [0.15, 0.2) is 0 Å². The lowest BCUT2D eigenvalue weighted by atomic mass is 10.2. The van der Waals surface area contributed by atoms with Crippen molar-refractivity contribution >= 4 is 0 Å². The molecule has 0 aliphatic carbocycles. The van der Waals surface area contributed by atoms with Crippen molar-refractivity contribution in [3.63, 3.8) is 0 Å². The van der Waals surface area contributed by atoms with Gasteiger partial charge in [-0.05, 0) is 0 Å². The minimum absolute atomic E-state index is 0.151. The minimum atomic E-state index is -1.41. The van der Waals surface area contributed by atoms with Crippen LogP contribution in [0.4, 0.5) is 8.78 Å². The van der Waals surface area contributed by atoms with Crippen LogP contribution in [0.1, 0.15) is 5.48 Å². The maximum Gasteiger partial charge on any atom is 0.129 e. The van der Waals surface area contributed by atoms with Crippen LogP contribution < -0.4 is 10.1 Å². The Balaban J connectivity index is 2.46. The molecular weight excluding hydrogens is 176 g/mol. The molecule has 0 unspecified atom stereocenters. The molecule has 1 aliphatic heterocycles. The number of nitrogens with one attached hydrogen (secondary N) is 1. The predicted octanol–water partition coefficient (Wildman–Crippen LogP) is 1.32. The van der Waals surface area contributed by atoms with Crippen molar-refractivity contribution in [1.82, 2.24) is 5.32 Å². The van der Waals surface area contributed by atoms with Gasteiger partial charge in [0.2, 0.25) is 0 Å². The number of hydrogen-bond acceptors (Lipinski definition) is 2.